The van der Waals surface area contributed by atoms with Crippen LogP contribution in [-0.4, -0.2) is 24.3 Å². The second-order valence-corrected chi connectivity index (χ2v) is 8.26. The maximum Gasteiger partial charge on any atom is 0.338 e. The van der Waals surface area contributed by atoms with Crippen molar-refractivity contribution in [2.75, 3.05) is 11.6 Å². The summed E-state index contributed by atoms with van der Waals surface area (Å²) in [5.74, 6) is -0.311. The highest BCUT2D eigenvalue weighted by Gasteiger charge is 2.46. The van der Waals surface area contributed by atoms with Crippen molar-refractivity contribution in [3.05, 3.63) is 88.6 Å². The molecule has 4 rings (SSSR count). The number of hydrogen-bond acceptors (Lipinski definition) is 5. The van der Waals surface area contributed by atoms with Gasteiger partial charge >= 0.3 is 5.97 Å². The Morgan fingerprint density at radius 2 is 1.71 bits per heavy atom. The minimum Gasteiger partial charge on any atom is -0.460 e. The average Bonchev–Trinajstić information content (AvgIpc) is 3.33. The van der Waals surface area contributed by atoms with Crippen LogP contribution in [0.1, 0.15) is 29.1 Å². The van der Waals surface area contributed by atoms with Crippen LogP contribution in [0, 0.1) is 5.41 Å². The molecule has 1 aliphatic heterocycles. The molecule has 1 atom stereocenters. The third-order valence-corrected chi connectivity index (χ3v) is 5.98. The normalized spacial score (nSPS) is 18.0. The Morgan fingerprint density at radius 1 is 1.04 bits per heavy atom. The summed E-state index contributed by atoms with van der Waals surface area (Å²) in [4.78, 5) is 13.6. The van der Waals surface area contributed by atoms with Crippen molar-refractivity contribution in [1.29, 1.82) is 0 Å². The molecule has 0 saturated heterocycles. The standard InChI is InChI=1S/C23H22N2O2S/c1-23(2)20(16-27-22(26)17-10-5-3-6-11-17)25(18-12-7-4-8-13-18)24-21(23)19-14-9-15-28-19/h3-15,20H,16H2,1-2H3. The molecule has 0 amide bonds. The molecule has 2 aromatic carbocycles. The maximum absolute atomic E-state index is 12.5. The number of carbonyl (C=O) groups excluding carboxylic acids is 1. The number of thiophene rings is 1. The van der Waals surface area contributed by atoms with Crippen LogP contribution in [-0.2, 0) is 4.74 Å². The van der Waals surface area contributed by atoms with Crippen LogP contribution in [0.5, 0.6) is 0 Å². The van der Waals surface area contributed by atoms with Gasteiger partial charge < -0.3 is 4.74 Å². The summed E-state index contributed by atoms with van der Waals surface area (Å²) in [5.41, 5.74) is 2.29. The minimum atomic E-state index is -0.311. The van der Waals surface area contributed by atoms with E-state index in [9.17, 15) is 4.79 Å². The van der Waals surface area contributed by atoms with Gasteiger partial charge in [-0.1, -0.05) is 56.3 Å². The summed E-state index contributed by atoms with van der Waals surface area (Å²) in [6.45, 7) is 4.58. The largest absolute Gasteiger partial charge is 0.460 e. The first kappa shape index (κ1) is 18.4. The molecule has 0 N–H and O–H groups in total. The Morgan fingerprint density at radius 3 is 2.36 bits per heavy atom. The van der Waals surface area contributed by atoms with Gasteiger partial charge in [-0.05, 0) is 35.7 Å². The van der Waals surface area contributed by atoms with E-state index in [0.29, 0.717) is 5.56 Å². The van der Waals surface area contributed by atoms with Crippen molar-refractivity contribution in [2.45, 2.75) is 19.9 Å². The third-order valence-electron chi connectivity index (χ3n) is 5.10. The highest BCUT2D eigenvalue weighted by atomic mass is 32.1. The SMILES string of the molecule is CC1(C)C(c2cccs2)=NN(c2ccccc2)C1COC(=O)c1ccccc1. The molecule has 3 aromatic rings. The van der Waals surface area contributed by atoms with E-state index in [-0.39, 0.29) is 24.0 Å². The summed E-state index contributed by atoms with van der Waals surface area (Å²) in [6, 6.07) is 23.2. The monoisotopic (exact) mass is 390 g/mol. The molecule has 5 heteroatoms. The lowest BCUT2D eigenvalue weighted by atomic mass is 9.80. The molecule has 4 nitrogen and oxygen atoms in total. The van der Waals surface area contributed by atoms with Crippen LogP contribution >= 0.6 is 11.3 Å². The topological polar surface area (TPSA) is 41.9 Å². The smallest absolute Gasteiger partial charge is 0.338 e. The van der Waals surface area contributed by atoms with Crippen LogP contribution in [0.2, 0.25) is 0 Å². The lowest BCUT2D eigenvalue weighted by Crippen LogP contribution is -2.44. The van der Waals surface area contributed by atoms with Gasteiger partial charge in [0.05, 0.1) is 27.9 Å². The van der Waals surface area contributed by atoms with Gasteiger partial charge in [0.15, 0.2) is 0 Å². The van der Waals surface area contributed by atoms with Gasteiger partial charge in [0.2, 0.25) is 0 Å². The zero-order valence-electron chi connectivity index (χ0n) is 15.9. The molecule has 28 heavy (non-hydrogen) atoms. The number of rotatable bonds is 5. The highest BCUT2D eigenvalue weighted by Crippen LogP contribution is 2.40. The van der Waals surface area contributed by atoms with E-state index in [1.165, 1.54) is 0 Å². The van der Waals surface area contributed by atoms with Gasteiger partial charge in [0.1, 0.15) is 6.61 Å². The van der Waals surface area contributed by atoms with E-state index in [2.05, 4.69) is 25.3 Å². The van der Waals surface area contributed by atoms with Crippen LogP contribution in [0.15, 0.2) is 83.3 Å². The molecule has 0 aliphatic carbocycles. The number of benzene rings is 2. The van der Waals surface area contributed by atoms with Crippen molar-refractivity contribution in [3.8, 4) is 0 Å². The summed E-state index contributed by atoms with van der Waals surface area (Å²) >= 11 is 1.68. The first-order chi connectivity index (χ1) is 13.6. The molecule has 0 fully saturated rings. The van der Waals surface area contributed by atoms with E-state index in [1.807, 2.05) is 59.6 Å². The van der Waals surface area contributed by atoms with Gasteiger partial charge in [0, 0.05) is 5.41 Å². The fourth-order valence-corrected chi connectivity index (χ4v) is 4.34. The van der Waals surface area contributed by atoms with Crippen LogP contribution in [0.4, 0.5) is 5.69 Å². The van der Waals surface area contributed by atoms with Crippen molar-refractivity contribution in [2.24, 2.45) is 10.5 Å². The summed E-state index contributed by atoms with van der Waals surface area (Å²) in [5, 5.41) is 9.01. The second-order valence-electron chi connectivity index (χ2n) is 7.31. The quantitative estimate of drug-likeness (QED) is 0.561. The predicted molar refractivity (Wildman–Crippen MR) is 114 cm³/mol. The molecule has 142 valence electrons. The van der Waals surface area contributed by atoms with Gasteiger partial charge in [0.25, 0.3) is 0 Å². The molecule has 2 heterocycles. The first-order valence-corrected chi connectivity index (χ1v) is 10.1. The zero-order valence-corrected chi connectivity index (χ0v) is 16.7. The number of para-hydroxylation sites is 1. The van der Waals surface area contributed by atoms with E-state index in [4.69, 9.17) is 9.84 Å². The number of ether oxygens (including phenoxy) is 1. The van der Waals surface area contributed by atoms with E-state index < -0.39 is 0 Å². The van der Waals surface area contributed by atoms with Crippen LogP contribution < -0.4 is 5.01 Å². The molecule has 0 spiro atoms. The second kappa shape index (κ2) is 7.60. The summed E-state index contributed by atoms with van der Waals surface area (Å²) in [7, 11) is 0. The van der Waals surface area contributed by atoms with Crippen molar-refractivity contribution >= 4 is 28.7 Å². The third kappa shape index (κ3) is 3.45. The molecule has 1 aliphatic rings. The van der Waals surface area contributed by atoms with E-state index >= 15 is 0 Å². The van der Waals surface area contributed by atoms with Crippen molar-refractivity contribution in [3.63, 3.8) is 0 Å². The van der Waals surface area contributed by atoms with Gasteiger partial charge in [-0.15, -0.1) is 11.3 Å². The lowest BCUT2D eigenvalue weighted by Gasteiger charge is -2.32. The van der Waals surface area contributed by atoms with Gasteiger partial charge in [-0.25, -0.2) is 4.79 Å². The minimum absolute atomic E-state index is 0.0975. The maximum atomic E-state index is 12.5. The Labute approximate surface area is 169 Å². The number of esters is 1. The predicted octanol–water partition coefficient (Wildman–Crippen LogP) is 5.22. The molecule has 0 saturated carbocycles. The lowest BCUT2D eigenvalue weighted by molar-refractivity contribution is 0.0450. The first-order valence-electron chi connectivity index (χ1n) is 9.27. The van der Waals surface area contributed by atoms with E-state index in [1.54, 1.807) is 23.5 Å². The van der Waals surface area contributed by atoms with Gasteiger partial charge in [-0.3, -0.25) is 5.01 Å². The fourth-order valence-electron chi connectivity index (χ4n) is 3.46. The summed E-state index contributed by atoms with van der Waals surface area (Å²) in [6.07, 6.45) is 0. The Bertz CT molecular complexity index is 966. The number of hydrogen-bond donors (Lipinski definition) is 0. The van der Waals surface area contributed by atoms with Crippen molar-refractivity contribution < 1.29 is 9.53 Å². The van der Waals surface area contributed by atoms with Crippen LogP contribution in [0.3, 0.4) is 0 Å². The number of nitrogens with zero attached hydrogens (tertiary/aromatic N) is 2. The number of hydrazone groups is 1. The summed E-state index contributed by atoms with van der Waals surface area (Å²) < 4.78 is 5.71. The van der Waals surface area contributed by atoms with Crippen LogP contribution in [0.25, 0.3) is 0 Å². The number of carbonyl (C=O) groups is 1. The Hall–Kier alpha value is -2.92. The molecule has 0 bridgehead atoms. The molecule has 1 unspecified atom stereocenters. The van der Waals surface area contributed by atoms with Crippen molar-refractivity contribution in [1.82, 2.24) is 0 Å². The number of anilines is 1. The van der Waals surface area contributed by atoms with E-state index in [0.717, 1.165) is 16.3 Å². The Balaban J connectivity index is 1.63. The zero-order chi connectivity index (χ0) is 19.6. The highest BCUT2D eigenvalue weighted by molar-refractivity contribution is 7.12. The molecular weight excluding hydrogens is 368 g/mol. The fraction of sp³-hybridized carbons (Fsp3) is 0.217. The molecular formula is C23H22N2O2S. The Kier molecular flexibility index (Phi) is 5.01. The van der Waals surface area contributed by atoms with Gasteiger partial charge in [-0.2, -0.15) is 5.10 Å². The average molecular weight is 391 g/mol. The molecule has 1 aromatic heterocycles. The molecule has 0 radical (unpaired) electrons.